The van der Waals surface area contributed by atoms with E-state index in [2.05, 4.69) is 23.3 Å². The van der Waals surface area contributed by atoms with Gasteiger partial charge < -0.3 is 15.7 Å². The van der Waals surface area contributed by atoms with Crippen LogP contribution < -0.4 is 10.6 Å². The highest BCUT2D eigenvalue weighted by Gasteiger charge is 2.21. The number of rotatable bonds is 5. The van der Waals surface area contributed by atoms with Crippen LogP contribution in [-0.4, -0.2) is 40.7 Å². The van der Waals surface area contributed by atoms with E-state index >= 15 is 0 Å². The first-order valence-corrected chi connectivity index (χ1v) is 4.92. The van der Waals surface area contributed by atoms with Gasteiger partial charge in [-0.1, -0.05) is 0 Å². The largest absolute Gasteiger partial charge is 0.480 e. The van der Waals surface area contributed by atoms with Crippen LogP contribution in [0, 0.1) is 0 Å². The van der Waals surface area contributed by atoms with Crippen molar-refractivity contribution in [3.05, 3.63) is 0 Å². The number of carboxylic acids is 1. The van der Waals surface area contributed by atoms with Crippen LogP contribution in [0.5, 0.6) is 0 Å². The minimum Gasteiger partial charge on any atom is -0.480 e. The fraction of sp³-hybridized carbons (Fsp3) is 0.625. The maximum Gasteiger partial charge on any atom is 0.325 e. The van der Waals surface area contributed by atoms with E-state index in [1.54, 1.807) is 0 Å². The van der Waals surface area contributed by atoms with E-state index in [9.17, 15) is 14.4 Å². The van der Waals surface area contributed by atoms with Gasteiger partial charge >= 0.3 is 5.97 Å². The van der Waals surface area contributed by atoms with Gasteiger partial charge in [0.05, 0.1) is 0 Å². The first kappa shape index (κ1) is 13.8. The summed E-state index contributed by atoms with van der Waals surface area (Å²) in [4.78, 5) is 32.5. The molecule has 0 aromatic heterocycles. The summed E-state index contributed by atoms with van der Waals surface area (Å²) in [6.07, 6.45) is 0. The fourth-order valence-corrected chi connectivity index (χ4v) is 1.07. The van der Waals surface area contributed by atoms with Crippen molar-refractivity contribution >= 4 is 30.4 Å². The van der Waals surface area contributed by atoms with Crippen LogP contribution in [0.3, 0.4) is 0 Å². The molecule has 0 aromatic carbocycles. The summed E-state index contributed by atoms with van der Waals surface area (Å²) in [5.41, 5.74) is 0. The van der Waals surface area contributed by atoms with Crippen molar-refractivity contribution in [3.8, 4) is 0 Å². The normalized spacial score (nSPS) is 13.8. The Morgan fingerprint density at radius 2 is 1.87 bits per heavy atom. The zero-order valence-electron chi connectivity index (χ0n) is 8.48. The van der Waals surface area contributed by atoms with Crippen molar-refractivity contribution in [3.63, 3.8) is 0 Å². The molecule has 15 heavy (non-hydrogen) atoms. The second-order valence-corrected chi connectivity index (χ2v) is 3.37. The van der Waals surface area contributed by atoms with Gasteiger partial charge in [0.2, 0.25) is 11.8 Å². The molecule has 6 nitrogen and oxygen atoms in total. The minimum atomic E-state index is -1.14. The van der Waals surface area contributed by atoms with Gasteiger partial charge in [0, 0.05) is 12.7 Å². The summed E-state index contributed by atoms with van der Waals surface area (Å²) in [6, 6.07) is -1.80. The summed E-state index contributed by atoms with van der Waals surface area (Å²) >= 11 is 3.88. The first-order valence-electron chi connectivity index (χ1n) is 4.29. The van der Waals surface area contributed by atoms with E-state index in [4.69, 9.17) is 5.11 Å². The standard InChI is InChI=1S/C8H14N2O4S/c1-4(8(13)14)9-7(12)6(3-15)10-5(2)11/h4,6,15H,3H2,1-2H3,(H,9,12)(H,10,11)(H,13,14)/t4-,6-/m1/s1. The summed E-state index contributed by atoms with van der Waals surface area (Å²) in [5, 5.41) is 13.1. The van der Waals surface area contributed by atoms with Crippen LogP contribution in [0.4, 0.5) is 0 Å². The van der Waals surface area contributed by atoms with E-state index in [0.717, 1.165) is 0 Å². The second-order valence-electron chi connectivity index (χ2n) is 3.00. The van der Waals surface area contributed by atoms with Gasteiger partial charge in [0.1, 0.15) is 12.1 Å². The van der Waals surface area contributed by atoms with Crippen LogP contribution in [-0.2, 0) is 14.4 Å². The molecule has 0 bridgehead atoms. The van der Waals surface area contributed by atoms with E-state index in [1.807, 2.05) is 0 Å². The highest BCUT2D eigenvalue weighted by Crippen LogP contribution is 1.91. The number of aliphatic carboxylic acids is 1. The van der Waals surface area contributed by atoms with Crippen molar-refractivity contribution in [2.45, 2.75) is 25.9 Å². The lowest BCUT2D eigenvalue weighted by Gasteiger charge is -2.17. The molecule has 0 aliphatic heterocycles. The molecule has 2 amide bonds. The lowest BCUT2D eigenvalue weighted by atomic mass is 10.2. The second kappa shape index (κ2) is 6.28. The van der Waals surface area contributed by atoms with Crippen molar-refractivity contribution < 1.29 is 19.5 Å². The summed E-state index contributed by atoms with van der Waals surface area (Å²) in [7, 11) is 0. The fourth-order valence-electron chi connectivity index (χ4n) is 0.815. The minimum absolute atomic E-state index is 0.109. The molecular formula is C8H14N2O4S. The zero-order chi connectivity index (χ0) is 12.0. The molecule has 86 valence electrons. The maximum atomic E-state index is 11.4. The van der Waals surface area contributed by atoms with Crippen LogP contribution >= 0.6 is 12.6 Å². The van der Waals surface area contributed by atoms with Crippen molar-refractivity contribution in [2.75, 3.05) is 5.75 Å². The van der Waals surface area contributed by atoms with Gasteiger partial charge in [-0.15, -0.1) is 0 Å². The van der Waals surface area contributed by atoms with Crippen molar-refractivity contribution in [2.24, 2.45) is 0 Å². The number of carboxylic acid groups (broad SMARTS) is 1. The molecule has 0 radical (unpaired) electrons. The SMILES string of the molecule is CC(=O)N[C@H](CS)C(=O)N[C@H](C)C(=O)O. The first-order chi connectivity index (χ1) is 6.88. The Bertz CT molecular complexity index is 269. The number of carbonyl (C=O) groups excluding carboxylic acids is 2. The van der Waals surface area contributed by atoms with Gasteiger partial charge in [-0.25, -0.2) is 0 Å². The van der Waals surface area contributed by atoms with Crippen LogP contribution in [0.1, 0.15) is 13.8 Å². The number of hydrogen-bond donors (Lipinski definition) is 4. The van der Waals surface area contributed by atoms with Gasteiger partial charge in [-0.3, -0.25) is 14.4 Å². The van der Waals surface area contributed by atoms with Crippen LogP contribution in [0.2, 0.25) is 0 Å². The van der Waals surface area contributed by atoms with Crippen LogP contribution in [0.25, 0.3) is 0 Å². The van der Waals surface area contributed by atoms with E-state index in [1.165, 1.54) is 13.8 Å². The Morgan fingerprint density at radius 3 is 2.20 bits per heavy atom. The lowest BCUT2D eigenvalue weighted by Crippen LogP contribution is -2.51. The number of nitrogens with one attached hydrogen (secondary N) is 2. The van der Waals surface area contributed by atoms with Gasteiger partial charge in [-0.05, 0) is 6.92 Å². The smallest absolute Gasteiger partial charge is 0.325 e. The van der Waals surface area contributed by atoms with Crippen molar-refractivity contribution in [1.29, 1.82) is 0 Å². The number of carbonyl (C=O) groups is 3. The third kappa shape index (κ3) is 5.26. The zero-order valence-corrected chi connectivity index (χ0v) is 9.38. The molecule has 0 heterocycles. The molecular weight excluding hydrogens is 220 g/mol. The average Bonchev–Trinajstić information content (AvgIpc) is 2.13. The molecule has 7 heteroatoms. The van der Waals surface area contributed by atoms with Gasteiger partial charge in [0.25, 0.3) is 0 Å². The molecule has 0 saturated heterocycles. The van der Waals surface area contributed by atoms with E-state index < -0.39 is 24.0 Å². The lowest BCUT2D eigenvalue weighted by molar-refractivity contribution is -0.141. The number of hydrogen-bond acceptors (Lipinski definition) is 4. The Balaban J connectivity index is 4.27. The molecule has 0 saturated carbocycles. The molecule has 0 rings (SSSR count). The third-order valence-corrected chi connectivity index (χ3v) is 1.97. The third-order valence-electron chi connectivity index (χ3n) is 1.61. The Labute approximate surface area is 92.8 Å². The van der Waals surface area contributed by atoms with Gasteiger partial charge in [-0.2, -0.15) is 12.6 Å². The predicted molar refractivity (Wildman–Crippen MR) is 56.7 cm³/mol. The van der Waals surface area contributed by atoms with Crippen LogP contribution in [0.15, 0.2) is 0 Å². The molecule has 2 atom stereocenters. The number of thiol groups is 1. The molecule has 0 aliphatic rings. The van der Waals surface area contributed by atoms with E-state index in [0.29, 0.717) is 0 Å². The quantitative estimate of drug-likeness (QED) is 0.459. The molecule has 0 aliphatic carbocycles. The number of amides is 2. The average molecular weight is 234 g/mol. The Kier molecular flexibility index (Phi) is 5.76. The molecule has 0 aromatic rings. The van der Waals surface area contributed by atoms with E-state index in [-0.39, 0.29) is 11.7 Å². The maximum absolute atomic E-state index is 11.4. The summed E-state index contributed by atoms with van der Waals surface area (Å²) < 4.78 is 0. The Morgan fingerprint density at radius 1 is 1.33 bits per heavy atom. The predicted octanol–water partition coefficient (Wildman–Crippen LogP) is -0.990. The van der Waals surface area contributed by atoms with Gasteiger partial charge in [0.15, 0.2) is 0 Å². The molecule has 3 N–H and O–H groups in total. The molecule has 0 unspecified atom stereocenters. The molecule has 0 spiro atoms. The monoisotopic (exact) mass is 234 g/mol. The highest BCUT2D eigenvalue weighted by atomic mass is 32.1. The topological polar surface area (TPSA) is 95.5 Å². The molecule has 0 fully saturated rings. The summed E-state index contributed by atoms with van der Waals surface area (Å²) in [6.45, 7) is 2.61. The Hall–Kier alpha value is -1.24. The highest BCUT2D eigenvalue weighted by molar-refractivity contribution is 7.80. The van der Waals surface area contributed by atoms with Crippen molar-refractivity contribution in [1.82, 2.24) is 10.6 Å². The summed E-state index contributed by atoms with van der Waals surface area (Å²) in [5.74, 6) is -1.95.